The molecule has 0 saturated carbocycles. The Morgan fingerprint density at radius 1 is 1.12 bits per heavy atom. The van der Waals surface area contributed by atoms with Gasteiger partial charge >= 0.3 is 0 Å². The average molecular weight is 483 g/mol. The Morgan fingerprint density at radius 2 is 1.88 bits per heavy atom. The quantitative estimate of drug-likeness (QED) is 0.344. The minimum absolute atomic E-state index is 0.0142. The molecule has 4 aromatic rings. The molecular weight excluding hydrogens is 460 g/mol. The molecule has 0 spiro atoms. The third-order valence-electron chi connectivity index (χ3n) is 5.13. The highest BCUT2D eigenvalue weighted by molar-refractivity contribution is 7.92. The number of methoxy groups -OCH3 is 1. The molecule has 0 radical (unpaired) electrons. The van der Waals surface area contributed by atoms with Gasteiger partial charge in [-0.3, -0.25) is 9.52 Å². The topological polar surface area (TPSA) is 98.5 Å². The van der Waals surface area contributed by atoms with Crippen molar-refractivity contribution in [3.63, 3.8) is 0 Å². The standard InChI is InChI=1S/C24H22N2O5S2/c1-15-24(16(2)31-25-15)33(28,29)26-20-9-6-17(7-10-20)21(27)14-19-13-18(8-11-22(19)30-3)23-5-4-12-32-23/h4-13,26H,14H2,1-3H3. The third kappa shape index (κ3) is 4.84. The zero-order chi connectivity index (χ0) is 23.6. The molecule has 0 aliphatic carbocycles. The van der Waals surface area contributed by atoms with E-state index < -0.39 is 10.0 Å². The van der Waals surface area contributed by atoms with E-state index in [0.717, 1.165) is 16.0 Å². The first kappa shape index (κ1) is 22.8. The van der Waals surface area contributed by atoms with E-state index in [1.54, 1.807) is 49.6 Å². The van der Waals surface area contributed by atoms with Crippen LogP contribution in [0.25, 0.3) is 10.4 Å². The predicted octanol–water partition coefficient (Wildman–Crippen LogP) is 5.25. The van der Waals surface area contributed by atoms with E-state index in [9.17, 15) is 13.2 Å². The number of thiophene rings is 1. The molecule has 2 heterocycles. The molecule has 0 amide bonds. The van der Waals surface area contributed by atoms with E-state index in [2.05, 4.69) is 9.88 Å². The lowest BCUT2D eigenvalue weighted by molar-refractivity contribution is 0.0992. The molecule has 7 nitrogen and oxygen atoms in total. The molecule has 0 bridgehead atoms. The van der Waals surface area contributed by atoms with E-state index in [0.29, 0.717) is 17.0 Å². The van der Waals surface area contributed by atoms with Crippen molar-refractivity contribution in [1.29, 1.82) is 0 Å². The molecule has 0 atom stereocenters. The maximum absolute atomic E-state index is 12.9. The highest BCUT2D eigenvalue weighted by Gasteiger charge is 2.24. The van der Waals surface area contributed by atoms with Crippen molar-refractivity contribution in [2.24, 2.45) is 0 Å². The van der Waals surface area contributed by atoms with Crippen LogP contribution in [0.5, 0.6) is 5.75 Å². The predicted molar refractivity (Wildman–Crippen MR) is 128 cm³/mol. The summed E-state index contributed by atoms with van der Waals surface area (Å²) in [6.07, 6.45) is 0.159. The van der Waals surface area contributed by atoms with Gasteiger partial charge in [-0.05, 0) is 73.3 Å². The van der Waals surface area contributed by atoms with Gasteiger partial charge < -0.3 is 9.26 Å². The molecule has 2 aromatic carbocycles. The number of ether oxygens (including phenoxy) is 1. The Balaban J connectivity index is 1.52. The largest absolute Gasteiger partial charge is 0.496 e. The van der Waals surface area contributed by atoms with Crippen LogP contribution in [0.15, 0.2) is 69.4 Å². The molecule has 2 aromatic heterocycles. The van der Waals surface area contributed by atoms with Crippen molar-refractivity contribution in [2.75, 3.05) is 11.8 Å². The SMILES string of the molecule is COc1ccc(-c2cccs2)cc1CC(=O)c1ccc(NS(=O)(=O)c2c(C)noc2C)cc1. The number of aryl methyl sites for hydroxylation is 2. The maximum Gasteiger partial charge on any atom is 0.267 e. The highest BCUT2D eigenvalue weighted by atomic mass is 32.2. The van der Waals surface area contributed by atoms with Gasteiger partial charge in [0.25, 0.3) is 10.0 Å². The number of aromatic nitrogens is 1. The molecule has 1 N–H and O–H groups in total. The van der Waals surface area contributed by atoms with Gasteiger partial charge in [-0.25, -0.2) is 8.42 Å². The van der Waals surface area contributed by atoms with Crippen LogP contribution in [0.3, 0.4) is 0 Å². The zero-order valence-electron chi connectivity index (χ0n) is 18.3. The van der Waals surface area contributed by atoms with Crippen LogP contribution in [-0.4, -0.2) is 26.5 Å². The van der Waals surface area contributed by atoms with E-state index in [4.69, 9.17) is 9.26 Å². The van der Waals surface area contributed by atoms with Crippen molar-refractivity contribution in [3.05, 3.63) is 82.6 Å². The van der Waals surface area contributed by atoms with Gasteiger partial charge in [-0.1, -0.05) is 11.2 Å². The van der Waals surface area contributed by atoms with Crippen LogP contribution in [-0.2, 0) is 16.4 Å². The van der Waals surface area contributed by atoms with Crippen molar-refractivity contribution in [3.8, 4) is 16.2 Å². The van der Waals surface area contributed by atoms with Crippen molar-refractivity contribution < 1.29 is 22.5 Å². The minimum Gasteiger partial charge on any atom is -0.496 e. The number of carbonyl (C=O) groups excluding carboxylic acids is 1. The number of carbonyl (C=O) groups is 1. The van der Waals surface area contributed by atoms with Gasteiger partial charge in [0.05, 0.1) is 7.11 Å². The summed E-state index contributed by atoms with van der Waals surface area (Å²) < 4.78 is 38.2. The lowest BCUT2D eigenvalue weighted by Crippen LogP contribution is -2.14. The zero-order valence-corrected chi connectivity index (χ0v) is 19.9. The lowest BCUT2D eigenvalue weighted by atomic mass is 10.00. The first-order chi connectivity index (χ1) is 15.8. The fourth-order valence-electron chi connectivity index (χ4n) is 3.58. The van der Waals surface area contributed by atoms with E-state index in [-0.39, 0.29) is 28.6 Å². The monoisotopic (exact) mass is 482 g/mol. The summed E-state index contributed by atoms with van der Waals surface area (Å²) in [4.78, 5) is 14.1. The number of anilines is 1. The normalized spacial score (nSPS) is 11.4. The average Bonchev–Trinajstić information content (AvgIpc) is 3.44. The maximum atomic E-state index is 12.9. The number of sulfonamides is 1. The summed E-state index contributed by atoms with van der Waals surface area (Å²) in [7, 11) is -2.28. The summed E-state index contributed by atoms with van der Waals surface area (Å²) >= 11 is 1.63. The second-order valence-corrected chi connectivity index (χ2v) is 10.0. The van der Waals surface area contributed by atoms with Crippen LogP contribution >= 0.6 is 11.3 Å². The number of benzene rings is 2. The number of hydrogen-bond acceptors (Lipinski definition) is 7. The Kier molecular flexibility index (Phi) is 6.35. The number of nitrogens with zero attached hydrogens (tertiary/aromatic N) is 1. The van der Waals surface area contributed by atoms with Gasteiger partial charge in [0.1, 0.15) is 11.4 Å². The van der Waals surface area contributed by atoms with Gasteiger partial charge in [0, 0.05) is 28.1 Å². The molecule has 4 rings (SSSR count). The first-order valence-electron chi connectivity index (χ1n) is 10.1. The molecule has 0 unspecified atom stereocenters. The van der Waals surface area contributed by atoms with Crippen LogP contribution in [0.4, 0.5) is 5.69 Å². The van der Waals surface area contributed by atoms with Crippen molar-refractivity contribution in [1.82, 2.24) is 5.16 Å². The fourth-order valence-corrected chi connectivity index (χ4v) is 5.69. The summed E-state index contributed by atoms with van der Waals surface area (Å²) in [6.45, 7) is 3.10. The smallest absolute Gasteiger partial charge is 0.267 e. The summed E-state index contributed by atoms with van der Waals surface area (Å²) in [6, 6.07) is 16.1. The third-order valence-corrected chi connectivity index (χ3v) is 7.68. The molecule has 0 fully saturated rings. The van der Waals surface area contributed by atoms with E-state index in [1.807, 2.05) is 35.7 Å². The van der Waals surface area contributed by atoms with Crippen LogP contribution in [0.1, 0.15) is 27.4 Å². The van der Waals surface area contributed by atoms with Crippen molar-refractivity contribution in [2.45, 2.75) is 25.2 Å². The van der Waals surface area contributed by atoms with E-state index >= 15 is 0 Å². The first-order valence-corrected chi connectivity index (χ1v) is 12.4. The Bertz CT molecular complexity index is 1370. The van der Waals surface area contributed by atoms with Crippen molar-refractivity contribution >= 4 is 32.8 Å². The molecule has 0 aliphatic heterocycles. The number of nitrogens with one attached hydrogen (secondary N) is 1. The number of ketones is 1. The van der Waals surface area contributed by atoms with E-state index in [1.165, 1.54) is 6.92 Å². The van der Waals surface area contributed by atoms with Gasteiger partial charge in [0.2, 0.25) is 0 Å². The molecule has 170 valence electrons. The second kappa shape index (κ2) is 9.21. The molecular formula is C24H22N2O5S2. The molecule has 9 heteroatoms. The fraction of sp³-hybridized carbons (Fsp3) is 0.167. The van der Waals surface area contributed by atoms with Crippen LogP contribution < -0.4 is 9.46 Å². The number of rotatable bonds is 8. The van der Waals surface area contributed by atoms with Gasteiger partial charge in [-0.2, -0.15) is 0 Å². The molecule has 0 aliphatic rings. The molecule has 0 saturated heterocycles. The Hall–Kier alpha value is -3.43. The number of hydrogen-bond donors (Lipinski definition) is 1. The Morgan fingerprint density at radius 3 is 2.48 bits per heavy atom. The van der Waals surface area contributed by atoms with Gasteiger partial charge in [0.15, 0.2) is 16.4 Å². The number of Topliss-reactive ketones (excluding diaryl/α,β-unsaturated/α-hetero) is 1. The summed E-state index contributed by atoms with van der Waals surface area (Å²) in [5, 5.41) is 5.70. The van der Waals surface area contributed by atoms with Crippen LogP contribution in [0, 0.1) is 13.8 Å². The van der Waals surface area contributed by atoms with Crippen LogP contribution in [0.2, 0.25) is 0 Å². The second-order valence-electron chi connectivity index (χ2n) is 7.44. The minimum atomic E-state index is -3.86. The Labute approximate surface area is 196 Å². The summed E-state index contributed by atoms with van der Waals surface area (Å²) in [5.41, 5.74) is 2.91. The van der Waals surface area contributed by atoms with Gasteiger partial charge in [-0.15, -0.1) is 11.3 Å². The molecule has 33 heavy (non-hydrogen) atoms. The highest BCUT2D eigenvalue weighted by Crippen LogP contribution is 2.30. The lowest BCUT2D eigenvalue weighted by Gasteiger charge is -2.11. The summed E-state index contributed by atoms with van der Waals surface area (Å²) in [5.74, 6) is 0.759.